The van der Waals surface area contributed by atoms with Gasteiger partial charge in [0.2, 0.25) is 5.88 Å². The van der Waals surface area contributed by atoms with Gasteiger partial charge in [-0.25, -0.2) is 15.2 Å². The van der Waals surface area contributed by atoms with Crippen LogP contribution in [0.5, 0.6) is 11.6 Å². The van der Waals surface area contributed by atoms with Crippen molar-refractivity contribution in [3.63, 3.8) is 0 Å². The molecule has 0 spiro atoms. The van der Waals surface area contributed by atoms with Crippen molar-refractivity contribution >= 4 is 17.4 Å². The molecule has 5 nitrogen and oxygen atoms in total. The third-order valence-corrected chi connectivity index (χ3v) is 3.18. The number of anilines is 1. The number of halogens is 2. The standard InChI is InChI=1S/C14H16ClFN4O/c1-7(2)12-18-13(20-17)8(3)14(19-12)21-9-4-5-10(15)11(16)6-9/h4-7H,17H2,1-3H3,(H,18,19,20). The maximum absolute atomic E-state index is 13.5. The molecule has 0 fully saturated rings. The number of ether oxygens (including phenoxy) is 1. The highest BCUT2D eigenvalue weighted by Crippen LogP contribution is 2.30. The van der Waals surface area contributed by atoms with E-state index < -0.39 is 5.82 Å². The van der Waals surface area contributed by atoms with Gasteiger partial charge in [0.25, 0.3) is 0 Å². The van der Waals surface area contributed by atoms with Crippen molar-refractivity contribution < 1.29 is 9.13 Å². The van der Waals surface area contributed by atoms with Crippen molar-refractivity contribution in [2.45, 2.75) is 26.7 Å². The molecule has 2 rings (SSSR count). The molecular weight excluding hydrogens is 295 g/mol. The van der Waals surface area contributed by atoms with E-state index in [1.165, 1.54) is 12.1 Å². The van der Waals surface area contributed by atoms with E-state index in [2.05, 4.69) is 15.4 Å². The first-order valence-electron chi connectivity index (χ1n) is 6.40. The Morgan fingerprint density at radius 2 is 2.05 bits per heavy atom. The van der Waals surface area contributed by atoms with Crippen LogP contribution in [0.25, 0.3) is 0 Å². The quantitative estimate of drug-likeness (QED) is 0.664. The van der Waals surface area contributed by atoms with Gasteiger partial charge < -0.3 is 10.2 Å². The molecule has 0 bridgehead atoms. The van der Waals surface area contributed by atoms with Gasteiger partial charge in [0.1, 0.15) is 17.4 Å². The van der Waals surface area contributed by atoms with Crippen LogP contribution < -0.4 is 16.0 Å². The summed E-state index contributed by atoms with van der Waals surface area (Å²) in [5.74, 6) is 6.67. The zero-order valence-electron chi connectivity index (χ0n) is 11.9. The molecule has 3 N–H and O–H groups in total. The van der Waals surface area contributed by atoms with E-state index in [-0.39, 0.29) is 10.9 Å². The lowest BCUT2D eigenvalue weighted by atomic mass is 10.2. The second kappa shape index (κ2) is 6.24. The number of nitrogens with one attached hydrogen (secondary N) is 1. The van der Waals surface area contributed by atoms with E-state index in [9.17, 15) is 4.39 Å². The fourth-order valence-electron chi connectivity index (χ4n) is 1.66. The molecule has 1 aromatic carbocycles. The van der Waals surface area contributed by atoms with E-state index in [4.69, 9.17) is 22.2 Å². The number of hydrazine groups is 1. The van der Waals surface area contributed by atoms with E-state index in [0.717, 1.165) is 0 Å². The molecule has 0 aliphatic rings. The second-order valence-corrected chi connectivity index (χ2v) is 5.24. The molecule has 21 heavy (non-hydrogen) atoms. The van der Waals surface area contributed by atoms with Crippen LogP contribution in [0.15, 0.2) is 18.2 Å². The Morgan fingerprint density at radius 3 is 2.62 bits per heavy atom. The lowest BCUT2D eigenvalue weighted by molar-refractivity contribution is 0.449. The Labute approximate surface area is 127 Å². The molecule has 0 radical (unpaired) electrons. The molecule has 7 heteroatoms. The Kier molecular flexibility index (Phi) is 4.59. The normalized spacial score (nSPS) is 10.8. The number of nitrogens with zero attached hydrogens (tertiary/aromatic N) is 2. The average molecular weight is 311 g/mol. The predicted molar refractivity (Wildman–Crippen MR) is 80.2 cm³/mol. The number of aromatic nitrogens is 2. The van der Waals surface area contributed by atoms with Crippen molar-refractivity contribution in [1.29, 1.82) is 0 Å². The Hall–Kier alpha value is -1.92. The maximum Gasteiger partial charge on any atom is 0.227 e. The first-order valence-corrected chi connectivity index (χ1v) is 6.78. The topological polar surface area (TPSA) is 73.1 Å². The first kappa shape index (κ1) is 15.5. The summed E-state index contributed by atoms with van der Waals surface area (Å²) in [7, 11) is 0. The van der Waals surface area contributed by atoms with Gasteiger partial charge in [-0.3, -0.25) is 0 Å². The van der Waals surface area contributed by atoms with Gasteiger partial charge in [0.15, 0.2) is 5.82 Å². The van der Waals surface area contributed by atoms with Crippen molar-refractivity contribution in [2.75, 3.05) is 5.43 Å². The average Bonchev–Trinajstić information content (AvgIpc) is 2.44. The third kappa shape index (κ3) is 3.40. The highest BCUT2D eigenvalue weighted by atomic mass is 35.5. The lowest BCUT2D eigenvalue weighted by Gasteiger charge is -2.14. The summed E-state index contributed by atoms with van der Waals surface area (Å²) >= 11 is 5.65. The zero-order valence-corrected chi connectivity index (χ0v) is 12.7. The van der Waals surface area contributed by atoms with Crippen molar-refractivity contribution in [3.05, 3.63) is 40.4 Å². The molecule has 2 aromatic rings. The summed E-state index contributed by atoms with van der Waals surface area (Å²) in [6.45, 7) is 5.67. The van der Waals surface area contributed by atoms with Gasteiger partial charge in [-0.1, -0.05) is 25.4 Å². The van der Waals surface area contributed by atoms with Gasteiger partial charge in [-0.05, 0) is 19.1 Å². The van der Waals surface area contributed by atoms with Gasteiger partial charge in [-0.15, -0.1) is 0 Å². The fourth-order valence-corrected chi connectivity index (χ4v) is 1.78. The first-order chi connectivity index (χ1) is 9.92. The summed E-state index contributed by atoms with van der Waals surface area (Å²) in [6.07, 6.45) is 0. The van der Waals surface area contributed by atoms with Crippen molar-refractivity contribution in [1.82, 2.24) is 9.97 Å². The minimum atomic E-state index is -0.554. The van der Waals surface area contributed by atoms with Crippen LogP contribution in [0.1, 0.15) is 31.2 Å². The molecule has 1 heterocycles. The number of nitrogen functional groups attached to an aromatic ring is 1. The molecule has 0 aliphatic heterocycles. The lowest BCUT2D eigenvalue weighted by Crippen LogP contribution is -2.13. The number of nitrogens with two attached hydrogens (primary N) is 1. The summed E-state index contributed by atoms with van der Waals surface area (Å²) < 4.78 is 19.1. The number of hydrogen-bond donors (Lipinski definition) is 2. The molecule has 0 saturated heterocycles. The van der Waals surface area contributed by atoms with Crippen LogP contribution in [0.4, 0.5) is 10.2 Å². The summed E-state index contributed by atoms with van der Waals surface area (Å²) in [4.78, 5) is 8.65. The van der Waals surface area contributed by atoms with Crippen LogP contribution in [0.2, 0.25) is 5.02 Å². The van der Waals surface area contributed by atoms with Gasteiger partial charge in [-0.2, -0.15) is 4.98 Å². The Morgan fingerprint density at radius 1 is 1.33 bits per heavy atom. The molecule has 0 atom stereocenters. The van der Waals surface area contributed by atoms with Gasteiger partial charge in [0.05, 0.1) is 10.6 Å². The highest BCUT2D eigenvalue weighted by Gasteiger charge is 2.15. The Balaban J connectivity index is 2.42. The minimum Gasteiger partial charge on any atom is -0.438 e. The second-order valence-electron chi connectivity index (χ2n) is 4.84. The zero-order chi connectivity index (χ0) is 15.6. The molecule has 1 aromatic heterocycles. The molecule has 0 saturated carbocycles. The number of benzene rings is 1. The van der Waals surface area contributed by atoms with Crippen LogP contribution in [0.3, 0.4) is 0 Å². The van der Waals surface area contributed by atoms with E-state index >= 15 is 0 Å². The minimum absolute atomic E-state index is 0.0361. The third-order valence-electron chi connectivity index (χ3n) is 2.88. The largest absolute Gasteiger partial charge is 0.438 e. The molecule has 0 unspecified atom stereocenters. The SMILES string of the molecule is Cc1c(NN)nc(C(C)C)nc1Oc1ccc(Cl)c(F)c1. The van der Waals surface area contributed by atoms with E-state index in [0.29, 0.717) is 28.8 Å². The van der Waals surface area contributed by atoms with E-state index in [1.54, 1.807) is 13.0 Å². The fraction of sp³-hybridized carbons (Fsp3) is 0.286. The molecule has 0 amide bonds. The summed E-state index contributed by atoms with van der Waals surface area (Å²) in [6, 6.07) is 4.19. The molecular formula is C14H16ClFN4O. The van der Waals surface area contributed by atoms with Gasteiger partial charge >= 0.3 is 0 Å². The molecule has 0 aliphatic carbocycles. The van der Waals surface area contributed by atoms with Gasteiger partial charge in [0, 0.05) is 12.0 Å². The molecule has 112 valence electrons. The monoisotopic (exact) mass is 310 g/mol. The number of rotatable bonds is 4. The highest BCUT2D eigenvalue weighted by molar-refractivity contribution is 6.30. The van der Waals surface area contributed by atoms with Crippen LogP contribution in [-0.4, -0.2) is 9.97 Å². The maximum atomic E-state index is 13.5. The number of hydrogen-bond acceptors (Lipinski definition) is 5. The van der Waals surface area contributed by atoms with E-state index in [1.807, 2.05) is 13.8 Å². The Bertz CT molecular complexity index is 664. The summed E-state index contributed by atoms with van der Waals surface area (Å²) in [5, 5.41) is 0.0361. The summed E-state index contributed by atoms with van der Waals surface area (Å²) in [5.41, 5.74) is 3.15. The van der Waals surface area contributed by atoms with Crippen LogP contribution in [-0.2, 0) is 0 Å². The van der Waals surface area contributed by atoms with Crippen molar-refractivity contribution in [2.24, 2.45) is 5.84 Å². The smallest absolute Gasteiger partial charge is 0.227 e. The van der Waals surface area contributed by atoms with Crippen LogP contribution in [0, 0.1) is 12.7 Å². The van der Waals surface area contributed by atoms with Crippen molar-refractivity contribution in [3.8, 4) is 11.6 Å². The predicted octanol–water partition coefficient (Wildman–Crippen LogP) is 3.78. The van der Waals surface area contributed by atoms with Crippen LogP contribution >= 0.6 is 11.6 Å².